The molecule has 0 saturated carbocycles. The van der Waals surface area contributed by atoms with Crippen LogP contribution in [0.1, 0.15) is 17.1 Å². The van der Waals surface area contributed by atoms with Crippen LogP contribution >= 0.6 is 0 Å². The van der Waals surface area contributed by atoms with Crippen LogP contribution in [-0.2, 0) is 13.1 Å². The topological polar surface area (TPSA) is 65.1 Å². The average Bonchev–Trinajstić information content (AvgIpc) is 3.27. The second-order valence-corrected chi connectivity index (χ2v) is 7.35. The van der Waals surface area contributed by atoms with Gasteiger partial charge in [0, 0.05) is 6.54 Å². The highest BCUT2D eigenvalue weighted by atomic mass is 16.5. The smallest absolute Gasteiger partial charge is 0.200 e. The van der Waals surface area contributed by atoms with Crippen LogP contribution in [0.15, 0.2) is 68.4 Å². The molecular formula is C24H21NO5. The third kappa shape index (κ3) is 3.15. The minimum atomic E-state index is -0.0510. The monoisotopic (exact) mass is 403 g/mol. The SMILES string of the molecule is COc1ccc(-c2c(C)oc3c4c(ccc3c2=O)OCN(Cc2ccco2)C4)cc1. The number of methoxy groups -OCH3 is 1. The Balaban J connectivity index is 1.58. The van der Waals surface area contributed by atoms with Crippen molar-refractivity contribution in [1.29, 1.82) is 0 Å². The van der Waals surface area contributed by atoms with E-state index in [1.165, 1.54) is 0 Å². The summed E-state index contributed by atoms with van der Waals surface area (Å²) in [4.78, 5) is 15.5. The van der Waals surface area contributed by atoms with Crippen molar-refractivity contribution in [3.63, 3.8) is 0 Å². The maximum Gasteiger partial charge on any atom is 0.200 e. The van der Waals surface area contributed by atoms with Crippen molar-refractivity contribution < 1.29 is 18.3 Å². The summed E-state index contributed by atoms with van der Waals surface area (Å²) in [5, 5.41) is 0.550. The highest BCUT2D eigenvalue weighted by Gasteiger charge is 2.24. The number of aryl methyl sites for hydroxylation is 1. The van der Waals surface area contributed by atoms with E-state index < -0.39 is 0 Å². The second-order valence-electron chi connectivity index (χ2n) is 7.35. The number of hydrogen-bond donors (Lipinski definition) is 0. The van der Waals surface area contributed by atoms with Gasteiger partial charge in [0.2, 0.25) is 5.43 Å². The summed E-state index contributed by atoms with van der Waals surface area (Å²) in [7, 11) is 1.62. The number of nitrogens with zero attached hydrogens (tertiary/aromatic N) is 1. The lowest BCUT2D eigenvalue weighted by molar-refractivity contribution is 0.0826. The fourth-order valence-electron chi connectivity index (χ4n) is 3.94. The Kier molecular flexibility index (Phi) is 4.56. The van der Waals surface area contributed by atoms with Gasteiger partial charge in [0.25, 0.3) is 0 Å². The van der Waals surface area contributed by atoms with Gasteiger partial charge in [-0.25, -0.2) is 0 Å². The van der Waals surface area contributed by atoms with E-state index >= 15 is 0 Å². The minimum absolute atomic E-state index is 0.0510. The van der Waals surface area contributed by atoms with E-state index in [1.54, 1.807) is 19.4 Å². The first-order chi connectivity index (χ1) is 14.6. The molecule has 0 spiro atoms. The maximum absolute atomic E-state index is 13.4. The molecule has 6 nitrogen and oxygen atoms in total. The first kappa shape index (κ1) is 18.5. The Bertz CT molecular complexity index is 1260. The van der Waals surface area contributed by atoms with E-state index in [1.807, 2.05) is 49.4 Å². The van der Waals surface area contributed by atoms with Gasteiger partial charge in [-0.2, -0.15) is 0 Å². The zero-order chi connectivity index (χ0) is 20.7. The van der Waals surface area contributed by atoms with E-state index in [-0.39, 0.29) is 5.43 Å². The zero-order valence-electron chi connectivity index (χ0n) is 16.8. The van der Waals surface area contributed by atoms with Crippen LogP contribution in [0.5, 0.6) is 11.5 Å². The quantitative estimate of drug-likeness (QED) is 0.491. The minimum Gasteiger partial charge on any atom is -0.497 e. The van der Waals surface area contributed by atoms with Crippen LogP contribution in [0.25, 0.3) is 22.1 Å². The highest BCUT2D eigenvalue weighted by Crippen LogP contribution is 2.34. The number of benzene rings is 2. The molecule has 0 unspecified atom stereocenters. The summed E-state index contributed by atoms with van der Waals surface area (Å²) in [5.41, 5.74) is 2.78. The van der Waals surface area contributed by atoms with Crippen molar-refractivity contribution >= 4 is 11.0 Å². The Morgan fingerprint density at radius 2 is 1.93 bits per heavy atom. The van der Waals surface area contributed by atoms with Gasteiger partial charge >= 0.3 is 0 Å². The van der Waals surface area contributed by atoms with Crippen LogP contribution in [0.2, 0.25) is 0 Å². The van der Waals surface area contributed by atoms with E-state index in [9.17, 15) is 4.79 Å². The summed E-state index contributed by atoms with van der Waals surface area (Å²) in [6, 6.07) is 14.9. The molecule has 2 aromatic heterocycles. The summed E-state index contributed by atoms with van der Waals surface area (Å²) in [6.07, 6.45) is 1.66. The summed E-state index contributed by atoms with van der Waals surface area (Å²) >= 11 is 0. The Morgan fingerprint density at radius 1 is 1.10 bits per heavy atom. The molecule has 0 radical (unpaired) electrons. The molecule has 0 atom stereocenters. The largest absolute Gasteiger partial charge is 0.497 e. The van der Waals surface area contributed by atoms with Crippen molar-refractivity contribution in [2.45, 2.75) is 20.0 Å². The highest BCUT2D eigenvalue weighted by molar-refractivity contribution is 5.86. The summed E-state index contributed by atoms with van der Waals surface area (Å²) in [5.74, 6) is 2.93. The number of hydrogen-bond acceptors (Lipinski definition) is 6. The Labute approximate surface area is 173 Å². The molecule has 1 aliphatic heterocycles. The molecular weight excluding hydrogens is 382 g/mol. The van der Waals surface area contributed by atoms with Crippen LogP contribution in [-0.4, -0.2) is 18.7 Å². The molecule has 0 saturated heterocycles. The molecule has 0 bridgehead atoms. The van der Waals surface area contributed by atoms with Crippen LogP contribution < -0.4 is 14.9 Å². The Morgan fingerprint density at radius 3 is 2.67 bits per heavy atom. The molecule has 5 rings (SSSR count). The zero-order valence-corrected chi connectivity index (χ0v) is 16.8. The van der Waals surface area contributed by atoms with Gasteiger partial charge in [-0.05, 0) is 48.9 Å². The molecule has 6 heteroatoms. The number of ether oxygens (including phenoxy) is 2. The van der Waals surface area contributed by atoms with Gasteiger partial charge in [-0.15, -0.1) is 0 Å². The molecule has 152 valence electrons. The van der Waals surface area contributed by atoms with Gasteiger partial charge in [-0.1, -0.05) is 12.1 Å². The lowest BCUT2D eigenvalue weighted by atomic mass is 10.0. The lowest BCUT2D eigenvalue weighted by Gasteiger charge is -2.28. The van der Waals surface area contributed by atoms with Crippen molar-refractivity contribution in [3.8, 4) is 22.6 Å². The normalized spacial score (nSPS) is 13.8. The average molecular weight is 403 g/mol. The molecule has 4 aromatic rings. The fraction of sp³-hybridized carbons (Fsp3) is 0.208. The lowest BCUT2D eigenvalue weighted by Crippen LogP contribution is -2.31. The van der Waals surface area contributed by atoms with E-state index in [0.29, 0.717) is 42.1 Å². The van der Waals surface area contributed by atoms with Crippen LogP contribution in [0.3, 0.4) is 0 Å². The molecule has 0 N–H and O–H groups in total. The predicted molar refractivity (Wildman–Crippen MR) is 113 cm³/mol. The summed E-state index contributed by atoms with van der Waals surface area (Å²) < 4.78 is 22.8. The molecule has 0 amide bonds. The van der Waals surface area contributed by atoms with Gasteiger partial charge < -0.3 is 18.3 Å². The molecule has 2 aromatic carbocycles. The first-order valence-electron chi connectivity index (χ1n) is 9.75. The molecule has 1 aliphatic rings. The first-order valence-corrected chi connectivity index (χ1v) is 9.75. The summed E-state index contributed by atoms with van der Waals surface area (Å²) in [6.45, 7) is 3.50. The van der Waals surface area contributed by atoms with E-state index in [0.717, 1.165) is 28.4 Å². The van der Waals surface area contributed by atoms with Crippen molar-refractivity contribution in [1.82, 2.24) is 4.90 Å². The van der Waals surface area contributed by atoms with E-state index in [4.69, 9.17) is 18.3 Å². The van der Waals surface area contributed by atoms with Gasteiger partial charge in [-0.3, -0.25) is 9.69 Å². The van der Waals surface area contributed by atoms with Crippen molar-refractivity contribution in [2.75, 3.05) is 13.8 Å². The standard InChI is InChI=1S/C24H21NO5/c1-15-22(16-5-7-17(27-2)8-6-16)23(26)19-9-10-21-20(24(19)30-15)13-25(14-29-21)12-18-4-3-11-28-18/h3-11H,12-14H2,1-2H3. The number of fused-ring (bicyclic) bond motifs is 3. The van der Waals surface area contributed by atoms with Crippen LogP contribution in [0.4, 0.5) is 0 Å². The third-order valence-electron chi connectivity index (χ3n) is 5.42. The molecule has 3 heterocycles. The third-order valence-corrected chi connectivity index (χ3v) is 5.42. The van der Waals surface area contributed by atoms with Crippen molar-refractivity contribution in [2.24, 2.45) is 0 Å². The molecule has 30 heavy (non-hydrogen) atoms. The van der Waals surface area contributed by atoms with Crippen molar-refractivity contribution in [3.05, 3.63) is 82.1 Å². The second kappa shape index (κ2) is 7.39. The fourth-order valence-corrected chi connectivity index (χ4v) is 3.94. The van der Waals surface area contributed by atoms with E-state index in [2.05, 4.69) is 4.90 Å². The molecule has 0 fully saturated rings. The van der Waals surface area contributed by atoms with Crippen LogP contribution in [0, 0.1) is 6.92 Å². The number of furan rings is 1. The Hall–Kier alpha value is -3.51. The van der Waals surface area contributed by atoms with Gasteiger partial charge in [0.1, 0.15) is 35.3 Å². The predicted octanol–water partition coefficient (Wildman–Crippen LogP) is 4.72. The van der Waals surface area contributed by atoms with Gasteiger partial charge in [0.05, 0.1) is 36.4 Å². The maximum atomic E-state index is 13.4. The van der Waals surface area contributed by atoms with Gasteiger partial charge in [0.15, 0.2) is 0 Å². The number of rotatable bonds is 4. The molecule has 0 aliphatic carbocycles.